The van der Waals surface area contributed by atoms with Crippen molar-refractivity contribution in [1.82, 2.24) is 25.1 Å². The van der Waals surface area contributed by atoms with E-state index < -0.39 is 6.61 Å². The minimum Gasteiger partial charge on any atom is -0.435 e. The van der Waals surface area contributed by atoms with Crippen LogP contribution in [0.15, 0.2) is 54.6 Å². The van der Waals surface area contributed by atoms with E-state index in [9.17, 15) is 13.6 Å². The van der Waals surface area contributed by atoms with Crippen molar-refractivity contribution in [2.75, 3.05) is 31.1 Å². The minimum absolute atomic E-state index is 0.0140. The van der Waals surface area contributed by atoms with E-state index in [0.717, 1.165) is 11.3 Å². The molecule has 1 saturated heterocycles. The van der Waals surface area contributed by atoms with Crippen LogP contribution in [0.2, 0.25) is 0 Å². The molecule has 156 valence electrons. The van der Waals surface area contributed by atoms with Crippen molar-refractivity contribution in [3.63, 3.8) is 0 Å². The van der Waals surface area contributed by atoms with Gasteiger partial charge in [-0.05, 0) is 40.3 Å². The Bertz CT molecular complexity index is 972. The molecule has 0 atom stereocenters. The largest absolute Gasteiger partial charge is 0.435 e. The standard InChI is InChI=1S/C20H20F2N6O2/c21-19(22)30-17-8-6-15(7-9-17)14-18(29)26-10-12-27(13-11-26)20-23-24-25-28(20)16-4-2-1-3-5-16/h1-9,19H,10-14H2. The monoisotopic (exact) mass is 414 g/mol. The Labute approximate surface area is 171 Å². The number of carbonyl (C=O) groups excluding carboxylic acids is 1. The first kappa shape index (κ1) is 19.7. The van der Waals surface area contributed by atoms with Crippen LogP contribution in [0.1, 0.15) is 5.56 Å². The van der Waals surface area contributed by atoms with Crippen molar-refractivity contribution in [1.29, 1.82) is 0 Å². The number of nitrogens with zero attached hydrogens (tertiary/aromatic N) is 6. The molecule has 10 heteroatoms. The maximum absolute atomic E-state index is 12.6. The van der Waals surface area contributed by atoms with Gasteiger partial charge < -0.3 is 14.5 Å². The smallest absolute Gasteiger partial charge is 0.387 e. The zero-order chi connectivity index (χ0) is 20.9. The van der Waals surface area contributed by atoms with Crippen LogP contribution in [0.25, 0.3) is 5.69 Å². The molecule has 8 nitrogen and oxygen atoms in total. The second kappa shape index (κ2) is 8.85. The van der Waals surface area contributed by atoms with E-state index in [1.807, 2.05) is 35.2 Å². The van der Waals surface area contributed by atoms with Crippen LogP contribution >= 0.6 is 0 Å². The average Bonchev–Trinajstić information content (AvgIpc) is 3.25. The van der Waals surface area contributed by atoms with Crippen LogP contribution in [0.4, 0.5) is 14.7 Å². The van der Waals surface area contributed by atoms with Crippen molar-refractivity contribution < 1.29 is 18.3 Å². The highest BCUT2D eigenvalue weighted by molar-refractivity contribution is 5.79. The summed E-state index contributed by atoms with van der Waals surface area (Å²) in [6, 6.07) is 15.8. The summed E-state index contributed by atoms with van der Waals surface area (Å²) in [5.74, 6) is 0.702. The Hall–Kier alpha value is -3.56. The Morgan fingerprint density at radius 3 is 2.37 bits per heavy atom. The Morgan fingerprint density at radius 1 is 1.00 bits per heavy atom. The van der Waals surface area contributed by atoms with Crippen molar-refractivity contribution in [3.8, 4) is 11.4 Å². The molecular formula is C20H20F2N6O2. The second-order valence-corrected chi connectivity index (χ2v) is 6.79. The van der Waals surface area contributed by atoms with Crippen molar-refractivity contribution in [3.05, 3.63) is 60.2 Å². The van der Waals surface area contributed by atoms with Crippen LogP contribution in [0, 0.1) is 0 Å². The molecule has 0 bridgehead atoms. The fourth-order valence-electron chi connectivity index (χ4n) is 3.35. The van der Waals surface area contributed by atoms with Crippen molar-refractivity contribution >= 4 is 11.9 Å². The molecule has 0 saturated carbocycles. The predicted molar refractivity (Wildman–Crippen MR) is 105 cm³/mol. The maximum atomic E-state index is 12.6. The summed E-state index contributed by atoms with van der Waals surface area (Å²) < 4.78 is 30.5. The van der Waals surface area contributed by atoms with E-state index in [-0.39, 0.29) is 18.1 Å². The van der Waals surface area contributed by atoms with Crippen LogP contribution in [-0.2, 0) is 11.2 Å². The highest BCUT2D eigenvalue weighted by Crippen LogP contribution is 2.18. The molecule has 0 aliphatic carbocycles. The number of anilines is 1. The first-order valence-electron chi connectivity index (χ1n) is 9.50. The SMILES string of the molecule is O=C(Cc1ccc(OC(F)F)cc1)N1CCN(c2nnnn2-c2ccccc2)CC1. The Morgan fingerprint density at radius 2 is 1.70 bits per heavy atom. The molecule has 0 radical (unpaired) electrons. The molecule has 30 heavy (non-hydrogen) atoms. The normalized spacial score (nSPS) is 14.2. The number of benzene rings is 2. The van der Waals surface area contributed by atoms with Gasteiger partial charge >= 0.3 is 6.61 Å². The summed E-state index contributed by atoms with van der Waals surface area (Å²) in [5, 5.41) is 12.0. The summed E-state index contributed by atoms with van der Waals surface area (Å²) >= 11 is 0. The zero-order valence-electron chi connectivity index (χ0n) is 16.1. The molecule has 2 heterocycles. The summed E-state index contributed by atoms with van der Waals surface area (Å²) in [6.07, 6.45) is 0.205. The Balaban J connectivity index is 1.34. The lowest BCUT2D eigenvalue weighted by Crippen LogP contribution is -2.50. The molecule has 3 aromatic rings. The number of piperazine rings is 1. The number of para-hydroxylation sites is 1. The predicted octanol–water partition coefficient (Wildman–Crippen LogP) is 2.16. The molecule has 2 aromatic carbocycles. The van der Waals surface area contributed by atoms with Gasteiger partial charge in [-0.15, -0.1) is 0 Å². The third-order valence-corrected chi connectivity index (χ3v) is 4.87. The number of alkyl halides is 2. The van der Waals surface area contributed by atoms with E-state index >= 15 is 0 Å². The summed E-state index contributed by atoms with van der Waals surface area (Å²) in [6.45, 7) is -0.544. The van der Waals surface area contributed by atoms with Crippen LogP contribution in [0.5, 0.6) is 5.75 Å². The zero-order valence-corrected chi connectivity index (χ0v) is 16.1. The molecule has 1 aromatic heterocycles. The number of carbonyl (C=O) groups is 1. The van der Waals surface area contributed by atoms with Gasteiger partial charge in [0.2, 0.25) is 11.9 Å². The van der Waals surface area contributed by atoms with E-state index in [4.69, 9.17) is 0 Å². The van der Waals surface area contributed by atoms with Gasteiger partial charge in [0.15, 0.2) is 0 Å². The third kappa shape index (κ3) is 4.53. The van der Waals surface area contributed by atoms with Crippen molar-refractivity contribution in [2.24, 2.45) is 0 Å². The number of ether oxygens (including phenoxy) is 1. The highest BCUT2D eigenvalue weighted by Gasteiger charge is 2.25. The minimum atomic E-state index is -2.86. The lowest BCUT2D eigenvalue weighted by atomic mass is 10.1. The third-order valence-electron chi connectivity index (χ3n) is 4.87. The molecule has 0 spiro atoms. The summed E-state index contributed by atoms with van der Waals surface area (Å²) in [7, 11) is 0. The van der Waals surface area contributed by atoms with Gasteiger partial charge in [0.25, 0.3) is 0 Å². The molecule has 0 N–H and O–H groups in total. The number of halogens is 2. The fraction of sp³-hybridized carbons (Fsp3) is 0.300. The van der Waals surface area contributed by atoms with Gasteiger partial charge in [0.05, 0.1) is 12.1 Å². The first-order valence-corrected chi connectivity index (χ1v) is 9.50. The lowest BCUT2D eigenvalue weighted by molar-refractivity contribution is -0.130. The summed E-state index contributed by atoms with van der Waals surface area (Å²) in [5.41, 5.74) is 1.62. The highest BCUT2D eigenvalue weighted by atomic mass is 19.3. The second-order valence-electron chi connectivity index (χ2n) is 6.79. The first-order chi connectivity index (χ1) is 14.6. The van der Waals surface area contributed by atoms with Crippen LogP contribution in [0.3, 0.4) is 0 Å². The van der Waals surface area contributed by atoms with Crippen LogP contribution < -0.4 is 9.64 Å². The fourth-order valence-corrected chi connectivity index (χ4v) is 3.35. The van der Waals surface area contributed by atoms with E-state index in [0.29, 0.717) is 32.1 Å². The van der Waals surface area contributed by atoms with Gasteiger partial charge in [0.1, 0.15) is 5.75 Å². The van der Waals surface area contributed by atoms with Gasteiger partial charge in [-0.2, -0.15) is 13.5 Å². The van der Waals surface area contributed by atoms with E-state index in [2.05, 4.69) is 20.3 Å². The van der Waals surface area contributed by atoms with Gasteiger partial charge in [0, 0.05) is 26.2 Å². The number of tetrazole rings is 1. The number of rotatable bonds is 6. The molecule has 1 aliphatic heterocycles. The number of hydrogen-bond donors (Lipinski definition) is 0. The molecule has 4 rings (SSSR count). The number of hydrogen-bond acceptors (Lipinski definition) is 6. The summed E-state index contributed by atoms with van der Waals surface area (Å²) in [4.78, 5) is 16.5. The molecule has 1 aliphatic rings. The van der Waals surface area contributed by atoms with Gasteiger partial charge in [-0.1, -0.05) is 35.4 Å². The molecule has 1 fully saturated rings. The number of aromatic nitrogens is 4. The van der Waals surface area contributed by atoms with E-state index in [1.165, 1.54) is 12.1 Å². The average molecular weight is 414 g/mol. The topological polar surface area (TPSA) is 76.4 Å². The molecule has 1 amide bonds. The van der Waals surface area contributed by atoms with Gasteiger partial charge in [-0.3, -0.25) is 4.79 Å². The van der Waals surface area contributed by atoms with E-state index in [1.54, 1.807) is 21.7 Å². The molecular weight excluding hydrogens is 394 g/mol. The molecule has 0 unspecified atom stereocenters. The number of amides is 1. The van der Waals surface area contributed by atoms with Gasteiger partial charge in [-0.25, -0.2) is 0 Å². The quantitative estimate of drug-likeness (QED) is 0.615. The maximum Gasteiger partial charge on any atom is 0.387 e. The Kier molecular flexibility index (Phi) is 5.82. The van der Waals surface area contributed by atoms with Crippen molar-refractivity contribution in [2.45, 2.75) is 13.0 Å². The van der Waals surface area contributed by atoms with Crippen LogP contribution in [-0.4, -0.2) is 63.8 Å². The lowest BCUT2D eigenvalue weighted by Gasteiger charge is -2.34.